The number of aliphatic hydroxyl groups is 1. The Labute approximate surface area is 86.9 Å². The van der Waals surface area contributed by atoms with E-state index in [1.807, 2.05) is 0 Å². The lowest BCUT2D eigenvalue weighted by atomic mass is 9.70. The summed E-state index contributed by atoms with van der Waals surface area (Å²) in [5.74, 6) is 1.10. The van der Waals surface area contributed by atoms with E-state index in [0.29, 0.717) is 18.4 Å². The molecule has 13 heavy (non-hydrogen) atoms. The minimum atomic E-state index is 0.334. The molecular weight excluding hydrogens is 228 g/mol. The van der Waals surface area contributed by atoms with Crippen molar-refractivity contribution in [1.82, 2.24) is 0 Å². The van der Waals surface area contributed by atoms with E-state index in [4.69, 9.17) is 5.11 Å². The highest BCUT2D eigenvalue weighted by atomic mass is 79.9. The van der Waals surface area contributed by atoms with Crippen molar-refractivity contribution >= 4 is 15.9 Å². The van der Waals surface area contributed by atoms with E-state index in [1.54, 1.807) is 0 Å². The minimum absolute atomic E-state index is 0.334. The molecule has 0 heterocycles. The number of halogens is 1. The maximum Gasteiger partial charge on any atom is 0.0465 e. The first-order chi connectivity index (χ1) is 6.31. The monoisotopic (exact) mass is 240 g/mol. The van der Waals surface area contributed by atoms with Crippen LogP contribution in [-0.4, -0.2) is 11.7 Å². The Bertz CT molecular complexity index is 279. The van der Waals surface area contributed by atoms with Gasteiger partial charge < -0.3 is 5.11 Å². The van der Waals surface area contributed by atoms with Gasteiger partial charge in [0.1, 0.15) is 0 Å². The number of hydrogen-bond donors (Lipinski definition) is 1. The molecule has 2 rings (SSSR count). The number of benzene rings is 1. The fraction of sp³-hybridized carbons (Fsp3) is 0.455. The van der Waals surface area contributed by atoms with Crippen LogP contribution in [0.3, 0.4) is 0 Å². The molecule has 0 aliphatic heterocycles. The average molecular weight is 241 g/mol. The predicted molar refractivity (Wildman–Crippen MR) is 56.7 cm³/mol. The van der Waals surface area contributed by atoms with Gasteiger partial charge in [-0.3, -0.25) is 0 Å². The fourth-order valence-electron chi connectivity index (χ4n) is 1.94. The summed E-state index contributed by atoms with van der Waals surface area (Å²) < 4.78 is 1.12. The van der Waals surface area contributed by atoms with Crippen molar-refractivity contribution in [2.75, 3.05) is 6.61 Å². The SMILES string of the molecule is OC[C@H]1CC[C@@H]1c1ccc(Br)cc1. The van der Waals surface area contributed by atoms with Crippen LogP contribution in [0.4, 0.5) is 0 Å². The summed E-state index contributed by atoms with van der Waals surface area (Å²) in [5.41, 5.74) is 1.37. The van der Waals surface area contributed by atoms with Crippen molar-refractivity contribution in [3.05, 3.63) is 34.3 Å². The Morgan fingerprint density at radius 2 is 1.92 bits per heavy atom. The van der Waals surface area contributed by atoms with Gasteiger partial charge in [0.2, 0.25) is 0 Å². The molecule has 0 bridgehead atoms. The second kappa shape index (κ2) is 3.81. The molecule has 0 saturated heterocycles. The number of aliphatic hydroxyl groups excluding tert-OH is 1. The maximum absolute atomic E-state index is 9.06. The fourth-order valence-corrected chi connectivity index (χ4v) is 2.20. The number of rotatable bonds is 2. The van der Waals surface area contributed by atoms with Gasteiger partial charge in [0.25, 0.3) is 0 Å². The summed E-state index contributed by atoms with van der Waals surface area (Å²) in [6.45, 7) is 0.334. The van der Waals surface area contributed by atoms with Crippen LogP contribution in [0.1, 0.15) is 24.3 Å². The van der Waals surface area contributed by atoms with Crippen LogP contribution in [0.5, 0.6) is 0 Å². The largest absolute Gasteiger partial charge is 0.396 e. The van der Waals surface area contributed by atoms with Crippen molar-refractivity contribution in [3.8, 4) is 0 Å². The third kappa shape index (κ3) is 1.79. The highest BCUT2D eigenvalue weighted by molar-refractivity contribution is 9.10. The average Bonchev–Trinajstić information content (AvgIpc) is 2.08. The molecule has 0 unspecified atom stereocenters. The molecule has 1 saturated carbocycles. The summed E-state index contributed by atoms with van der Waals surface area (Å²) >= 11 is 3.42. The van der Waals surface area contributed by atoms with Crippen molar-refractivity contribution in [3.63, 3.8) is 0 Å². The molecule has 2 atom stereocenters. The van der Waals surface area contributed by atoms with Crippen molar-refractivity contribution in [2.45, 2.75) is 18.8 Å². The van der Waals surface area contributed by atoms with Crippen molar-refractivity contribution < 1.29 is 5.11 Å². The second-order valence-corrected chi connectivity index (χ2v) is 4.59. The van der Waals surface area contributed by atoms with Crippen LogP contribution in [-0.2, 0) is 0 Å². The molecule has 2 heteroatoms. The van der Waals surface area contributed by atoms with Gasteiger partial charge in [-0.1, -0.05) is 28.1 Å². The maximum atomic E-state index is 9.06. The Morgan fingerprint density at radius 3 is 2.38 bits per heavy atom. The van der Waals surface area contributed by atoms with Crippen LogP contribution in [0.15, 0.2) is 28.7 Å². The van der Waals surface area contributed by atoms with E-state index in [9.17, 15) is 0 Å². The van der Waals surface area contributed by atoms with Gasteiger partial charge in [-0.05, 0) is 42.4 Å². The molecule has 1 fully saturated rings. The molecule has 0 aromatic heterocycles. The smallest absolute Gasteiger partial charge is 0.0465 e. The van der Waals surface area contributed by atoms with Gasteiger partial charge in [-0.25, -0.2) is 0 Å². The highest BCUT2D eigenvalue weighted by Crippen LogP contribution is 2.42. The van der Waals surface area contributed by atoms with E-state index >= 15 is 0 Å². The molecular formula is C11H13BrO. The Morgan fingerprint density at radius 1 is 1.23 bits per heavy atom. The first-order valence-corrected chi connectivity index (χ1v) is 5.47. The lowest BCUT2D eigenvalue weighted by Crippen LogP contribution is -2.26. The molecule has 1 aromatic carbocycles. The van der Waals surface area contributed by atoms with Crippen LogP contribution in [0.2, 0.25) is 0 Å². The molecule has 70 valence electrons. The molecule has 0 spiro atoms. The van der Waals surface area contributed by atoms with Crippen LogP contribution in [0.25, 0.3) is 0 Å². The van der Waals surface area contributed by atoms with E-state index < -0.39 is 0 Å². The third-order valence-electron chi connectivity index (χ3n) is 2.95. The highest BCUT2D eigenvalue weighted by Gasteiger charge is 2.30. The summed E-state index contributed by atoms with van der Waals surface area (Å²) in [6.07, 6.45) is 2.41. The minimum Gasteiger partial charge on any atom is -0.396 e. The molecule has 1 N–H and O–H groups in total. The zero-order chi connectivity index (χ0) is 9.26. The molecule has 1 aromatic rings. The van der Waals surface area contributed by atoms with Crippen LogP contribution >= 0.6 is 15.9 Å². The molecule has 0 amide bonds. The summed E-state index contributed by atoms with van der Waals surface area (Å²) in [5, 5.41) is 9.06. The normalized spacial score (nSPS) is 26.9. The summed E-state index contributed by atoms with van der Waals surface area (Å²) in [7, 11) is 0. The Balaban J connectivity index is 2.12. The third-order valence-corrected chi connectivity index (χ3v) is 3.48. The van der Waals surface area contributed by atoms with Gasteiger partial charge in [0, 0.05) is 11.1 Å². The van der Waals surface area contributed by atoms with E-state index in [2.05, 4.69) is 40.2 Å². The van der Waals surface area contributed by atoms with Gasteiger partial charge in [0.15, 0.2) is 0 Å². The van der Waals surface area contributed by atoms with Gasteiger partial charge in [-0.15, -0.1) is 0 Å². The van der Waals surface area contributed by atoms with E-state index in [0.717, 1.165) is 4.47 Å². The zero-order valence-corrected chi connectivity index (χ0v) is 9.00. The standard InChI is InChI=1S/C11H13BrO/c12-10-4-1-8(2-5-10)11-6-3-9(11)7-13/h1-2,4-5,9,11,13H,3,6-7H2/t9-,11-/m1/s1. The summed E-state index contributed by atoms with van der Waals surface area (Å²) in [4.78, 5) is 0. The van der Waals surface area contributed by atoms with Crippen molar-refractivity contribution in [1.29, 1.82) is 0 Å². The van der Waals surface area contributed by atoms with Gasteiger partial charge >= 0.3 is 0 Å². The number of hydrogen-bond acceptors (Lipinski definition) is 1. The first kappa shape index (κ1) is 9.22. The molecule has 0 radical (unpaired) electrons. The summed E-state index contributed by atoms with van der Waals surface area (Å²) in [6, 6.07) is 8.44. The molecule has 1 nitrogen and oxygen atoms in total. The Hall–Kier alpha value is -0.340. The van der Waals surface area contributed by atoms with Gasteiger partial charge in [-0.2, -0.15) is 0 Å². The lowest BCUT2D eigenvalue weighted by Gasteiger charge is -2.35. The van der Waals surface area contributed by atoms with Gasteiger partial charge in [0.05, 0.1) is 0 Å². The second-order valence-electron chi connectivity index (χ2n) is 3.68. The topological polar surface area (TPSA) is 20.2 Å². The first-order valence-electron chi connectivity index (χ1n) is 4.67. The molecule has 1 aliphatic carbocycles. The predicted octanol–water partition coefficient (Wildman–Crippen LogP) is 2.94. The van der Waals surface area contributed by atoms with Crippen molar-refractivity contribution in [2.24, 2.45) is 5.92 Å². The molecule has 1 aliphatic rings. The zero-order valence-electron chi connectivity index (χ0n) is 7.41. The van der Waals surface area contributed by atoms with Crippen LogP contribution in [0, 0.1) is 5.92 Å². The van der Waals surface area contributed by atoms with E-state index in [1.165, 1.54) is 18.4 Å². The lowest BCUT2D eigenvalue weighted by molar-refractivity contribution is 0.135. The van der Waals surface area contributed by atoms with E-state index in [-0.39, 0.29) is 0 Å². The van der Waals surface area contributed by atoms with Crippen LogP contribution < -0.4 is 0 Å². The quantitative estimate of drug-likeness (QED) is 0.843. The Kier molecular flexibility index (Phi) is 2.70.